The summed E-state index contributed by atoms with van der Waals surface area (Å²) < 4.78 is 7.46. The summed E-state index contributed by atoms with van der Waals surface area (Å²) >= 11 is 6.06. The van der Waals surface area contributed by atoms with Gasteiger partial charge in [0.15, 0.2) is 0 Å². The van der Waals surface area contributed by atoms with Crippen molar-refractivity contribution >= 4 is 17.5 Å². The number of amides is 1. The Balaban J connectivity index is 1.77. The molecule has 1 aromatic heterocycles. The lowest BCUT2D eigenvalue weighted by atomic mass is 10.1. The van der Waals surface area contributed by atoms with Gasteiger partial charge in [-0.2, -0.15) is 5.10 Å². The van der Waals surface area contributed by atoms with Gasteiger partial charge < -0.3 is 9.64 Å². The summed E-state index contributed by atoms with van der Waals surface area (Å²) in [6.45, 7) is 4.81. The highest BCUT2D eigenvalue weighted by Crippen LogP contribution is 2.28. The van der Waals surface area contributed by atoms with Gasteiger partial charge in [-0.3, -0.25) is 4.79 Å². The zero-order chi connectivity index (χ0) is 16.4. The fourth-order valence-electron chi connectivity index (χ4n) is 2.74. The second-order valence-electron chi connectivity index (χ2n) is 5.77. The summed E-state index contributed by atoms with van der Waals surface area (Å²) in [7, 11) is 0. The average molecular weight is 335 g/mol. The maximum Gasteiger partial charge on any atom is 0.247 e. The molecule has 0 aliphatic carbocycles. The van der Waals surface area contributed by atoms with Crippen LogP contribution in [0.3, 0.4) is 0 Å². The standard InChI is InChI=1S/C16H19ClN4O2/c1-11-8-23-15(13-4-3-5-14(17)6-13)7-20(11)16(22)12(2)21-10-18-9-19-21/h3-6,9-12,15H,7-8H2,1-2H3/t11-,12-,15-/m1/s1. The zero-order valence-corrected chi connectivity index (χ0v) is 13.8. The molecular weight excluding hydrogens is 316 g/mol. The Morgan fingerprint density at radius 1 is 1.48 bits per heavy atom. The molecule has 2 heterocycles. The highest BCUT2D eigenvalue weighted by molar-refractivity contribution is 6.30. The van der Waals surface area contributed by atoms with E-state index < -0.39 is 6.04 Å². The molecular formula is C16H19ClN4O2. The lowest BCUT2D eigenvalue weighted by molar-refractivity contribution is -0.147. The van der Waals surface area contributed by atoms with Crippen LogP contribution in [-0.4, -0.2) is 44.8 Å². The molecule has 2 aromatic rings. The third kappa shape index (κ3) is 3.38. The number of hydrogen-bond acceptors (Lipinski definition) is 4. The maximum absolute atomic E-state index is 12.8. The molecule has 1 amide bonds. The third-order valence-corrected chi connectivity index (χ3v) is 4.36. The Labute approximate surface area is 140 Å². The summed E-state index contributed by atoms with van der Waals surface area (Å²) in [4.78, 5) is 18.6. The number of benzene rings is 1. The molecule has 23 heavy (non-hydrogen) atoms. The predicted octanol–water partition coefficient (Wildman–Crippen LogP) is 2.48. The van der Waals surface area contributed by atoms with E-state index in [0.717, 1.165) is 5.56 Å². The SMILES string of the molecule is C[C@@H]1CO[C@@H](c2cccc(Cl)c2)CN1C(=O)[C@@H](C)n1cncn1. The normalized spacial score (nSPS) is 22.8. The molecule has 6 nitrogen and oxygen atoms in total. The Kier molecular flexibility index (Phi) is 4.63. The number of aromatic nitrogens is 3. The molecule has 0 saturated carbocycles. The predicted molar refractivity (Wildman–Crippen MR) is 86.1 cm³/mol. The molecule has 0 N–H and O–H groups in total. The van der Waals surface area contributed by atoms with Crippen molar-refractivity contribution in [3.63, 3.8) is 0 Å². The second-order valence-corrected chi connectivity index (χ2v) is 6.20. The quantitative estimate of drug-likeness (QED) is 0.865. The molecule has 1 aliphatic rings. The van der Waals surface area contributed by atoms with E-state index >= 15 is 0 Å². The minimum atomic E-state index is -0.391. The van der Waals surface area contributed by atoms with E-state index in [2.05, 4.69) is 10.1 Å². The van der Waals surface area contributed by atoms with Gasteiger partial charge in [-0.05, 0) is 31.5 Å². The average Bonchev–Trinajstić information content (AvgIpc) is 3.08. The van der Waals surface area contributed by atoms with Gasteiger partial charge in [-0.1, -0.05) is 23.7 Å². The molecule has 0 spiro atoms. The molecule has 1 aromatic carbocycles. The number of halogens is 1. The molecule has 7 heteroatoms. The minimum Gasteiger partial charge on any atom is -0.370 e. The van der Waals surface area contributed by atoms with Crippen LogP contribution in [0.1, 0.15) is 31.6 Å². The van der Waals surface area contributed by atoms with Crippen molar-refractivity contribution in [2.45, 2.75) is 32.0 Å². The van der Waals surface area contributed by atoms with E-state index in [0.29, 0.717) is 18.2 Å². The Bertz CT molecular complexity index is 676. The van der Waals surface area contributed by atoms with Crippen LogP contribution in [0.5, 0.6) is 0 Å². The van der Waals surface area contributed by atoms with E-state index in [1.807, 2.05) is 43.0 Å². The van der Waals surface area contributed by atoms with Gasteiger partial charge in [0, 0.05) is 5.02 Å². The number of hydrogen-bond donors (Lipinski definition) is 0. The molecule has 1 fully saturated rings. The van der Waals surface area contributed by atoms with E-state index in [1.165, 1.54) is 6.33 Å². The Hall–Kier alpha value is -1.92. The topological polar surface area (TPSA) is 60.2 Å². The van der Waals surface area contributed by atoms with Crippen LogP contribution in [0.2, 0.25) is 5.02 Å². The number of morpholine rings is 1. The first-order valence-electron chi connectivity index (χ1n) is 7.58. The summed E-state index contributed by atoms with van der Waals surface area (Å²) in [5.41, 5.74) is 0.982. The van der Waals surface area contributed by atoms with Crippen molar-refractivity contribution in [1.82, 2.24) is 19.7 Å². The summed E-state index contributed by atoms with van der Waals surface area (Å²) in [5.74, 6) is 0.0123. The van der Waals surface area contributed by atoms with Gasteiger partial charge in [0.25, 0.3) is 0 Å². The first-order valence-corrected chi connectivity index (χ1v) is 7.95. The van der Waals surface area contributed by atoms with Crippen LogP contribution in [0.25, 0.3) is 0 Å². The molecule has 0 unspecified atom stereocenters. The largest absolute Gasteiger partial charge is 0.370 e. The fraction of sp³-hybridized carbons (Fsp3) is 0.438. The van der Waals surface area contributed by atoms with E-state index in [9.17, 15) is 4.79 Å². The van der Waals surface area contributed by atoms with Crippen LogP contribution < -0.4 is 0 Å². The lowest BCUT2D eigenvalue weighted by Gasteiger charge is -2.39. The minimum absolute atomic E-state index is 0.0123. The van der Waals surface area contributed by atoms with E-state index in [4.69, 9.17) is 16.3 Å². The van der Waals surface area contributed by atoms with Crippen LogP contribution in [0.15, 0.2) is 36.9 Å². The van der Waals surface area contributed by atoms with Gasteiger partial charge in [0.1, 0.15) is 24.8 Å². The fourth-order valence-corrected chi connectivity index (χ4v) is 2.94. The van der Waals surface area contributed by atoms with Crippen LogP contribution >= 0.6 is 11.6 Å². The van der Waals surface area contributed by atoms with Gasteiger partial charge in [0.05, 0.1) is 19.2 Å². The molecule has 1 aliphatic heterocycles. The number of nitrogens with zero attached hydrogens (tertiary/aromatic N) is 4. The van der Waals surface area contributed by atoms with Crippen molar-refractivity contribution in [2.75, 3.05) is 13.2 Å². The van der Waals surface area contributed by atoms with Crippen LogP contribution in [0, 0.1) is 0 Å². The molecule has 3 atom stereocenters. The molecule has 0 bridgehead atoms. The van der Waals surface area contributed by atoms with Crippen molar-refractivity contribution in [3.05, 3.63) is 47.5 Å². The summed E-state index contributed by atoms with van der Waals surface area (Å²) in [5, 5.41) is 4.72. The zero-order valence-electron chi connectivity index (χ0n) is 13.1. The Morgan fingerprint density at radius 3 is 3.00 bits per heavy atom. The van der Waals surface area contributed by atoms with Crippen LogP contribution in [0.4, 0.5) is 0 Å². The van der Waals surface area contributed by atoms with E-state index in [-0.39, 0.29) is 18.1 Å². The molecule has 3 rings (SSSR count). The van der Waals surface area contributed by atoms with Crippen molar-refractivity contribution in [2.24, 2.45) is 0 Å². The third-order valence-electron chi connectivity index (χ3n) is 4.13. The van der Waals surface area contributed by atoms with Crippen molar-refractivity contribution in [1.29, 1.82) is 0 Å². The first kappa shape index (κ1) is 16.0. The van der Waals surface area contributed by atoms with Crippen LogP contribution in [-0.2, 0) is 9.53 Å². The van der Waals surface area contributed by atoms with Gasteiger partial charge in [0.2, 0.25) is 5.91 Å². The number of carbonyl (C=O) groups is 1. The highest BCUT2D eigenvalue weighted by atomic mass is 35.5. The summed E-state index contributed by atoms with van der Waals surface area (Å²) in [6, 6.07) is 7.19. The van der Waals surface area contributed by atoms with Gasteiger partial charge in [-0.25, -0.2) is 9.67 Å². The smallest absolute Gasteiger partial charge is 0.247 e. The van der Waals surface area contributed by atoms with Crippen molar-refractivity contribution < 1.29 is 9.53 Å². The monoisotopic (exact) mass is 334 g/mol. The molecule has 122 valence electrons. The lowest BCUT2D eigenvalue weighted by Crippen LogP contribution is -2.50. The second kappa shape index (κ2) is 6.68. The van der Waals surface area contributed by atoms with Gasteiger partial charge >= 0.3 is 0 Å². The van der Waals surface area contributed by atoms with E-state index in [1.54, 1.807) is 11.0 Å². The number of ether oxygens (including phenoxy) is 1. The highest BCUT2D eigenvalue weighted by Gasteiger charge is 2.33. The molecule has 0 radical (unpaired) electrons. The molecule has 1 saturated heterocycles. The first-order chi connectivity index (χ1) is 11.1. The number of carbonyl (C=O) groups excluding carboxylic acids is 1. The maximum atomic E-state index is 12.8. The van der Waals surface area contributed by atoms with Gasteiger partial charge in [-0.15, -0.1) is 0 Å². The number of rotatable bonds is 3. The Morgan fingerprint density at radius 2 is 2.30 bits per heavy atom. The van der Waals surface area contributed by atoms with Crippen molar-refractivity contribution in [3.8, 4) is 0 Å². The summed E-state index contributed by atoms with van der Waals surface area (Å²) in [6.07, 6.45) is 2.82.